The highest BCUT2D eigenvalue weighted by atomic mass is 35.5. The molecule has 1 unspecified atom stereocenters. The van der Waals surface area contributed by atoms with Crippen LogP contribution < -0.4 is 5.32 Å². The number of aromatic nitrogens is 1. The molecular weight excluding hydrogens is 263 g/mol. The minimum Gasteiger partial charge on any atom is -0.310 e. The lowest BCUT2D eigenvalue weighted by Crippen LogP contribution is -2.23. The van der Waals surface area contributed by atoms with E-state index in [1.54, 1.807) is 18.5 Å². The molecule has 0 aliphatic carbocycles. The van der Waals surface area contributed by atoms with E-state index in [0.29, 0.717) is 5.02 Å². The van der Waals surface area contributed by atoms with Crippen LogP contribution in [0.5, 0.6) is 0 Å². The number of nitrogens with zero attached hydrogens (tertiary/aromatic N) is 1. The van der Waals surface area contributed by atoms with E-state index < -0.39 is 0 Å². The Balaban J connectivity index is 2.21. The minimum atomic E-state index is -0.308. The fraction of sp³-hybridized carbons (Fsp3) is 0.267. The molecule has 2 nitrogen and oxygen atoms in total. The van der Waals surface area contributed by atoms with E-state index in [1.807, 2.05) is 12.1 Å². The van der Waals surface area contributed by atoms with Gasteiger partial charge in [0.25, 0.3) is 0 Å². The van der Waals surface area contributed by atoms with Crippen molar-refractivity contribution < 1.29 is 4.39 Å². The van der Waals surface area contributed by atoms with E-state index in [0.717, 1.165) is 24.1 Å². The van der Waals surface area contributed by atoms with Crippen molar-refractivity contribution in [3.05, 3.63) is 64.7 Å². The highest BCUT2D eigenvalue weighted by Gasteiger charge is 2.13. The number of hydrogen-bond donors (Lipinski definition) is 1. The first-order chi connectivity index (χ1) is 9.20. The predicted molar refractivity (Wildman–Crippen MR) is 75.8 cm³/mol. The van der Waals surface area contributed by atoms with Gasteiger partial charge in [-0.2, -0.15) is 0 Å². The van der Waals surface area contributed by atoms with Gasteiger partial charge in [-0.25, -0.2) is 4.39 Å². The second-order valence-corrected chi connectivity index (χ2v) is 4.74. The number of benzene rings is 1. The lowest BCUT2D eigenvalue weighted by molar-refractivity contribution is 0.548. The molecule has 2 aromatic rings. The van der Waals surface area contributed by atoms with Gasteiger partial charge in [-0.15, -0.1) is 0 Å². The van der Waals surface area contributed by atoms with Gasteiger partial charge in [0.15, 0.2) is 0 Å². The second kappa shape index (κ2) is 6.64. The number of pyridine rings is 1. The molecule has 0 amide bonds. The Bertz CT molecular complexity index is 531. The van der Waals surface area contributed by atoms with Gasteiger partial charge in [0.05, 0.1) is 0 Å². The third-order valence-electron chi connectivity index (χ3n) is 3.00. The SMILES string of the molecule is CCNC(Cc1ccc(F)cc1Cl)c1ccncc1. The molecular formula is C15H16ClFN2. The van der Waals surface area contributed by atoms with E-state index >= 15 is 0 Å². The van der Waals surface area contributed by atoms with Crippen LogP contribution >= 0.6 is 11.6 Å². The molecule has 1 N–H and O–H groups in total. The third kappa shape index (κ3) is 3.75. The van der Waals surface area contributed by atoms with Crippen LogP contribution in [0.25, 0.3) is 0 Å². The van der Waals surface area contributed by atoms with Gasteiger partial charge in [0.2, 0.25) is 0 Å². The number of halogens is 2. The van der Waals surface area contributed by atoms with E-state index in [1.165, 1.54) is 12.1 Å². The van der Waals surface area contributed by atoms with Crippen LogP contribution in [0.2, 0.25) is 5.02 Å². The van der Waals surface area contributed by atoms with Crippen molar-refractivity contribution in [2.45, 2.75) is 19.4 Å². The zero-order valence-electron chi connectivity index (χ0n) is 10.7. The highest BCUT2D eigenvalue weighted by molar-refractivity contribution is 6.31. The van der Waals surface area contributed by atoms with Crippen molar-refractivity contribution in [1.29, 1.82) is 0 Å². The largest absolute Gasteiger partial charge is 0.310 e. The van der Waals surface area contributed by atoms with E-state index in [-0.39, 0.29) is 11.9 Å². The Morgan fingerprint density at radius 2 is 2.00 bits per heavy atom. The molecule has 0 saturated carbocycles. The van der Waals surface area contributed by atoms with Crippen LogP contribution in [-0.2, 0) is 6.42 Å². The van der Waals surface area contributed by atoms with Gasteiger partial charge in [-0.05, 0) is 48.4 Å². The topological polar surface area (TPSA) is 24.9 Å². The van der Waals surface area contributed by atoms with Crippen molar-refractivity contribution in [3.63, 3.8) is 0 Å². The molecule has 1 heterocycles. The molecule has 0 radical (unpaired) electrons. The molecule has 4 heteroatoms. The van der Waals surface area contributed by atoms with Crippen molar-refractivity contribution in [3.8, 4) is 0 Å². The van der Waals surface area contributed by atoms with Gasteiger partial charge in [0, 0.05) is 23.5 Å². The van der Waals surface area contributed by atoms with Gasteiger partial charge in [-0.3, -0.25) is 4.98 Å². The zero-order valence-corrected chi connectivity index (χ0v) is 11.5. The maximum atomic E-state index is 13.0. The summed E-state index contributed by atoms with van der Waals surface area (Å²) in [5, 5.41) is 3.88. The molecule has 1 atom stereocenters. The summed E-state index contributed by atoms with van der Waals surface area (Å²) in [6, 6.07) is 8.64. The Morgan fingerprint density at radius 3 is 2.63 bits per heavy atom. The molecule has 0 bridgehead atoms. The van der Waals surface area contributed by atoms with Crippen LogP contribution in [0.1, 0.15) is 24.1 Å². The molecule has 2 rings (SSSR count). The van der Waals surface area contributed by atoms with Gasteiger partial charge in [0.1, 0.15) is 5.82 Å². The van der Waals surface area contributed by atoms with Crippen molar-refractivity contribution in [2.75, 3.05) is 6.54 Å². The maximum absolute atomic E-state index is 13.0. The standard InChI is InChI=1S/C15H16ClFN2/c1-2-19-15(11-5-7-18-8-6-11)9-12-3-4-13(17)10-14(12)16/h3-8,10,15,19H,2,9H2,1H3. The molecule has 100 valence electrons. The molecule has 1 aromatic heterocycles. The summed E-state index contributed by atoms with van der Waals surface area (Å²) in [5.41, 5.74) is 2.09. The first-order valence-electron chi connectivity index (χ1n) is 6.28. The van der Waals surface area contributed by atoms with Crippen LogP contribution in [0, 0.1) is 5.82 Å². The fourth-order valence-electron chi connectivity index (χ4n) is 2.06. The van der Waals surface area contributed by atoms with Crippen LogP contribution in [0.15, 0.2) is 42.7 Å². The number of rotatable bonds is 5. The van der Waals surface area contributed by atoms with Gasteiger partial charge < -0.3 is 5.32 Å². The number of hydrogen-bond acceptors (Lipinski definition) is 2. The van der Waals surface area contributed by atoms with Crippen molar-refractivity contribution in [1.82, 2.24) is 10.3 Å². The average molecular weight is 279 g/mol. The summed E-state index contributed by atoms with van der Waals surface area (Å²) in [6.45, 7) is 2.91. The average Bonchev–Trinajstić information content (AvgIpc) is 2.42. The summed E-state index contributed by atoms with van der Waals surface area (Å²) in [4.78, 5) is 4.02. The maximum Gasteiger partial charge on any atom is 0.124 e. The Kier molecular flexibility index (Phi) is 4.88. The first-order valence-corrected chi connectivity index (χ1v) is 6.65. The zero-order chi connectivity index (χ0) is 13.7. The fourth-order valence-corrected chi connectivity index (χ4v) is 2.30. The van der Waals surface area contributed by atoms with Gasteiger partial charge in [-0.1, -0.05) is 24.6 Å². The van der Waals surface area contributed by atoms with Crippen LogP contribution in [0.3, 0.4) is 0 Å². The Morgan fingerprint density at radius 1 is 1.26 bits per heavy atom. The Hall–Kier alpha value is -1.45. The normalized spacial score (nSPS) is 12.4. The van der Waals surface area contributed by atoms with Crippen molar-refractivity contribution >= 4 is 11.6 Å². The van der Waals surface area contributed by atoms with E-state index in [9.17, 15) is 4.39 Å². The summed E-state index contributed by atoms with van der Waals surface area (Å²) in [5.74, 6) is -0.308. The highest BCUT2D eigenvalue weighted by Crippen LogP contribution is 2.24. The molecule has 0 aliphatic heterocycles. The quantitative estimate of drug-likeness (QED) is 0.901. The molecule has 0 fully saturated rings. The molecule has 1 aromatic carbocycles. The molecule has 19 heavy (non-hydrogen) atoms. The molecule has 0 aliphatic rings. The summed E-state index contributed by atoms with van der Waals surface area (Å²) >= 11 is 6.08. The minimum absolute atomic E-state index is 0.149. The smallest absolute Gasteiger partial charge is 0.124 e. The molecule has 0 saturated heterocycles. The summed E-state index contributed by atoms with van der Waals surface area (Å²) < 4.78 is 13.0. The third-order valence-corrected chi connectivity index (χ3v) is 3.35. The second-order valence-electron chi connectivity index (χ2n) is 4.33. The van der Waals surface area contributed by atoms with E-state index in [2.05, 4.69) is 17.2 Å². The van der Waals surface area contributed by atoms with E-state index in [4.69, 9.17) is 11.6 Å². The Labute approximate surface area is 117 Å². The first kappa shape index (κ1) is 14.0. The molecule has 0 spiro atoms. The monoisotopic (exact) mass is 278 g/mol. The van der Waals surface area contributed by atoms with Gasteiger partial charge >= 0.3 is 0 Å². The predicted octanol–water partition coefficient (Wildman–Crippen LogP) is 3.77. The van der Waals surface area contributed by atoms with Crippen LogP contribution in [0.4, 0.5) is 4.39 Å². The lowest BCUT2D eigenvalue weighted by Gasteiger charge is -2.19. The summed E-state index contributed by atoms with van der Waals surface area (Å²) in [6.07, 6.45) is 4.26. The summed E-state index contributed by atoms with van der Waals surface area (Å²) in [7, 11) is 0. The van der Waals surface area contributed by atoms with Crippen LogP contribution in [-0.4, -0.2) is 11.5 Å². The number of nitrogens with one attached hydrogen (secondary N) is 1. The lowest BCUT2D eigenvalue weighted by atomic mass is 9.99. The van der Waals surface area contributed by atoms with Crippen molar-refractivity contribution in [2.24, 2.45) is 0 Å². The number of likely N-dealkylation sites (N-methyl/N-ethyl adjacent to an activating group) is 1.